The summed E-state index contributed by atoms with van der Waals surface area (Å²) in [6.07, 6.45) is 0. The molecule has 0 aliphatic carbocycles. The van der Waals surface area contributed by atoms with Gasteiger partial charge in [-0.25, -0.2) is 4.79 Å². The van der Waals surface area contributed by atoms with E-state index in [1.807, 2.05) is 0 Å². The number of methoxy groups -OCH3 is 1. The van der Waals surface area contributed by atoms with Crippen LogP contribution in [0.3, 0.4) is 0 Å². The zero-order valence-electron chi connectivity index (χ0n) is 8.22. The largest absolute Gasteiger partial charge is 0.490 e. The lowest BCUT2D eigenvalue weighted by molar-refractivity contribution is 0.0512. The molecule has 7 heteroatoms. The van der Waals surface area contributed by atoms with Crippen molar-refractivity contribution >= 4 is 5.97 Å². The summed E-state index contributed by atoms with van der Waals surface area (Å²) in [6.45, 7) is 1.76. The van der Waals surface area contributed by atoms with Crippen molar-refractivity contribution in [2.45, 2.75) is 6.92 Å². The number of esters is 1. The second kappa shape index (κ2) is 4.45. The maximum atomic E-state index is 11.3. The topological polar surface area (TPSA) is 102 Å². The molecular weight excluding hydrogens is 204 g/mol. The second-order valence-electron chi connectivity index (χ2n) is 2.45. The molecule has 0 saturated heterocycles. The molecule has 1 heterocycles. The lowest BCUT2D eigenvalue weighted by atomic mass is 10.3. The average Bonchev–Trinajstić information content (AvgIpc) is 2.17. The molecule has 0 aliphatic rings. The van der Waals surface area contributed by atoms with E-state index >= 15 is 0 Å². The van der Waals surface area contributed by atoms with Crippen molar-refractivity contribution in [2.24, 2.45) is 0 Å². The lowest BCUT2D eigenvalue weighted by Gasteiger charge is -2.07. The third-order valence-electron chi connectivity index (χ3n) is 1.51. The number of rotatable bonds is 3. The van der Waals surface area contributed by atoms with Crippen LogP contribution in [0.25, 0.3) is 0 Å². The SMILES string of the molecule is CCOC(=O)c1nc(O)nc(O)c1OC. The van der Waals surface area contributed by atoms with Gasteiger partial charge in [0.05, 0.1) is 13.7 Å². The molecule has 0 unspecified atom stereocenters. The highest BCUT2D eigenvalue weighted by Crippen LogP contribution is 2.28. The van der Waals surface area contributed by atoms with Gasteiger partial charge in [0, 0.05) is 0 Å². The van der Waals surface area contributed by atoms with Gasteiger partial charge in [-0.2, -0.15) is 9.97 Å². The summed E-state index contributed by atoms with van der Waals surface area (Å²) in [4.78, 5) is 17.9. The van der Waals surface area contributed by atoms with E-state index in [1.165, 1.54) is 7.11 Å². The maximum absolute atomic E-state index is 11.3. The van der Waals surface area contributed by atoms with Crippen LogP contribution in [-0.4, -0.2) is 39.9 Å². The molecule has 0 aromatic carbocycles. The normalized spacial score (nSPS) is 9.73. The van der Waals surface area contributed by atoms with Gasteiger partial charge in [-0.05, 0) is 6.92 Å². The first-order chi connectivity index (χ1) is 7.10. The molecule has 0 saturated carbocycles. The van der Waals surface area contributed by atoms with E-state index in [0.29, 0.717) is 0 Å². The summed E-state index contributed by atoms with van der Waals surface area (Å²) >= 11 is 0. The number of carbonyl (C=O) groups excluding carboxylic acids is 1. The van der Waals surface area contributed by atoms with Crippen LogP contribution >= 0.6 is 0 Å². The molecule has 7 nitrogen and oxygen atoms in total. The molecule has 0 spiro atoms. The fourth-order valence-corrected chi connectivity index (χ4v) is 0.953. The van der Waals surface area contributed by atoms with Gasteiger partial charge >= 0.3 is 12.0 Å². The molecule has 0 radical (unpaired) electrons. The molecule has 0 amide bonds. The molecule has 82 valence electrons. The Morgan fingerprint density at radius 3 is 2.60 bits per heavy atom. The Balaban J connectivity index is 3.20. The molecule has 0 atom stereocenters. The van der Waals surface area contributed by atoms with Crippen molar-refractivity contribution in [2.75, 3.05) is 13.7 Å². The lowest BCUT2D eigenvalue weighted by Crippen LogP contribution is -2.10. The van der Waals surface area contributed by atoms with E-state index < -0.39 is 17.9 Å². The Kier molecular flexibility index (Phi) is 3.27. The van der Waals surface area contributed by atoms with Crippen LogP contribution < -0.4 is 4.74 Å². The van der Waals surface area contributed by atoms with Gasteiger partial charge in [0.1, 0.15) is 0 Å². The number of ether oxygens (including phenoxy) is 2. The number of hydrogen-bond acceptors (Lipinski definition) is 7. The molecule has 15 heavy (non-hydrogen) atoms. The number of aromatic hydroxyl groups is 2. The van der Waals surface area contributed by atoms with Gasteiger partial charge in [0.15, 0.2) is 0 Å². The minimum Gasteiger partial charge on any atom is -0.490 e. The number of aromatic nitrogens is 2. The highest BCUT2D eigenvalue weighted by Gasteiger charge is 2.21. The van der Waals surface area contributed by atoms with Crippen LogP contribution in [0.15, 0.2) is 0 Å². The fraction of sp³-hybridized carbons (Fsp3) is 0.375. The Morgan fingerprint density at radius 1 is 1.40 bits per heavy atom. The predicted molar refractivity (Wildman–Crippen MR) is 47.9 cm³/mol. The third kappa shape index (κ3) is 2.25. The van der Waals surface area contributed by atoms with E-state index in [4.69, 9.17) is 9.84 Å². The standard InChI is InChI=1S/C8H10N2O5/c1-3-15-7(12)4-5(14-2)6(11)10-8(13)9-4/h3H2,1-2H3,(H2,9,10,11,13). The van der Waals surface area contributed by atoms with E-state index in [9.17, 15) is 9.90 Å². The highest BCUT2D eigenvalue weighted by atomic mass is 16.5. The summed E-state index contributed by atoms with van der Waals surface area (Å²) in [5.41, 5.74) is -0.315. The summed E-state index contributed by atoms with van der Waals surface area (Å²) in [5, 5.41) is 18.2. The average molecular weight is 214 g/mol. The molecule has 0 fully saturated rings. The summed E-state index contributed by atoms with van der Waals surface area (Å²) < 4.78 is 9.36. The van der Waals surface area contributed by atoms with Crippen molar-refractivity contribution in [1.29, 1.82) is 0 Å². The summed E-state index contributed by atoms with van der Waals surface area (Å²) in [7, 11) is 1.23. The Labute approximate surface area is 85.3 Å². The van der Waals surface area contributed by atoms with E-state index in [0.717, 1.165) is 0 Å². The van der Waals surface area contributed by atoms with Crippen molar-refractivity contribution in [1.82, 2.24) is 9.97 Å². The first kappa shape index (κ1) is 11.0. The highest BCUT2D eigenvalue weighted by molar-refractivity contribution is 5.91. The minimum absolute atomic E-state index is 0.146. The van der Waals surface area contributed by atoms with E-state index in [-0.39, 0.29) is 18.1 Å². The number of hydrogen-bond donors (Lipinski definition) is 2. The van der Waals surface area contributed by atoms with Crippen LogP contribution in [0, 0.1) is 0 Å². The van der Waals surface area contributed by atoms with Gasteiger partial charge in [-0.15, -0.1) is 0 Å². The zero-order valence-corrected chi connectivity index (χ0v) is 8.22. The van der Waals surface area contributed by atoms with Crippen molar-refractivity contribution in [3.05, 3.63) is 5.69 Å². The molecule has 0 bridgehead atoms. The van der Waals surface area contributed by atoms with Gasteiger partial charge in [-0.3, -0.25) is 0 Å². The molecule has 1 aromatic heterocycles. The van der Waals surface area contributed by atoms with Gasteiger partial charge in [-0.1, -0.05) is 0 Å². The number of nitrogens with zero attached hydrogens (tertiary/aromatic N) is 2. The van der Waals surface area contributed by atoms with Crippen molar-refractivity contribution in [3.8, 4) is 17.6 Å². The molecule has 0 aliphatic heterocycles. The third-order valence-corrected chi connectivity index (χ3v) is 1.51. The number of carbonyl (C=O) groups is 1. The van der Waals surface area contributed by atoms with Crippen molar-refractivity contribution < 1.29 is 24.5 Å². The first-order valence-corrected chi connectivity index (χ1v) is 4.11. The predicted octanol–water partition coefficient (Wildman–Crippen LogP) is 0.0731. The first-order valence-electron chi connectivity index (χ1n) is 4.11. The Bertz CT molecular complexity index is 380. The molecule has 1 aromatic rings. The van der Waals surface area contributed by atoms with Crippen LogP contribution in [0.1, 0.15) is 17.4 Å². The monoisotopic (exact) mass is 214 g/mol. The van der Waals surface area contributed by atoms with Crippen LogP contribution in [0.2, 0.25) is 0 Å². The van der Waals surface area contributed by atoms with E-state index in [1.54, 1.807) is 6.92 Å². The van der Waals surface area contributed by atoms with Gasteiger partial charge < -0.3 is 19.7 Å². The fourth-order valence-electron chi connectivity index (χ4n) is 0.953. The van der Waals surface area contributed by atoms with E-state index in [2.05, 4.69) is 14.7 Å². The quantitative estimate of drug-likeness (QED) is 0.686. The minimum atomic E-state index is -0.803. The van der Waals surface area contributed by atoms with Crippen molar-refractivity contribution in [3.63, 3.8) is 0 Å². The van der Waals surface area contributed by atoms with Crippen LogP contribution in [0.5, 0.6) is 17.6 Å². The van der Waals surface area contributed by atoms with Gasteiger partial charge in [0.25, 0.3) is 5.88 Å². The summed E-state index contributed by atoms with van der Waals surface area (Å²) in [6, 6.07) is -0.726. The summed E-state index contributed by atoms with van der Waals surface area (Å²) in [5.74, 6) is -1.65. The Hall–Kier alpha value is -2.05. The van der Waals surface area contributed by atoms with Crippen LogP contribution in [0.4, 0.5) is 0 Å². The smallest absolute Gasteiger partial charge is 0.361 e. The van der Waals surface area contributed by atoms with Gasteiger partial charge in [0.2, 0.25) is 11.4 Å². The zero-order chi connectivity index (χ0) is 11.4. The van der Waals surface area contributed by atoms with Crippen LogP contribution in [-0.2, 0) is 4.74 Å². The molecule has 1 rings (SSSR count). The maximum Gasteiger partial charge on any atom is 0.361 e. The molecular formula is C8H10N2O5. The Morgan fingerprint density at radius 2 is 2.07 bits per heavy atom. The second-order valence-corrected chi connectivity index (χ2v) is 2.45. The molecule has 2 N–H and O–H groups in total.